The van der Waals surface area contributed by atoms with Crippen LogP contribution in [0.2, 0.25) is 0 Å². The van der Waals surface area contributed by atoms with Crippen LogP contribution >= 0.6 is 0 Å². The highest BCUT2D eigenvalue weighted by atomic mass is 16.5. The molecule has 0 saturated heterocycles. The Morgan fingerprint density at radius 1 is 1.09 bits per heavy atom. The van der Waals surface area contributed by atoms with E-state index in [-0.39, 0.29) is 5.91 Å². The van der Waals surface area contributed by atoms with Gasteiger partial charge in [-0.15, -0.1) is 0 Å². The van der Waals surface area contributed by atoms with Crippen molar-refractivity contribution in [3.63, 3.8) is 0 Å². The van der Waals surface area contributed by atoms with Gasteiger partial charge < -0.3 is 9.30 Å². The molecule has 5 heteroatoms. The number of para-hydroxylation sites is 3. The molecule has 0 bridgehead atoms. The van der Waals surface area contributed by atoms with Crippen molar-refractivity contribution in [3.8, 4) is 5.75 Å². The van der Waals surface area contributed by atoms with Gasteiger partial charge in [0, 0.05) is 13.1 Å². The number of benzene rings is 2. The highest BCUT2D eigenvalue weighted by Crippen LogP contribution is 2.29. The van der Waals surface area contributed by atoms with Gasteiger partial charge >= 0.3 is 0 Å². The first kappa shape index (κ1) is 13.8. The summed E-state index contributed by atoms with van der Waals surface area (Å²) in [5.74, 6) is 1.23. The Kier molecular flexibility index (Phi) is 3.26. The van der Waals surface area contributed by atoms with E-state index in [1.54, 1.807) is 24.1 Å². The van der Waals surface area contributed by atoms with Crippen LogP contribution in [0, 0.1) is 0 Å². The molecule has 3 aromatic rings. The molecule has 2 aromatic carbocycles. The number of nitrogens with zero attached hydrogens (tertiary/aromatic N) is 3. The molecule has 0 fully saturated rings. The zero-order valence-electron chi connectivity index (χ0n) is 12.9. The van der Waals surface area contributed by atoms with Crippen molar-refractivity contribution in [2.45, 2.75) is 13.0 Å². The Morgan fingerprint density at radius 3 is 2.74 bits per heavy atom. The molecular weight excluding hydrogens is 290 g/mol. The Labute approximate surface area is 134 Å². The molecule has 0 saturated carbocycles. The number of hydrogen-bond acceptors (Lipinski definition) is 3. The van der Waals surface area contributed by atoms with Crippen LogP contribution in [0.15, 0.2) is 48.5 Å². The number of imidazole rings is 1. The number of carbonyl (C=O) groups excluding carboxylic acids is 1. The van der Waals surface area contributed by atoms with Crippen molar-refractivity contribution in [3.05, 3.63) is 54.1 Å². The van der Waals surface area contributed by atoms with E-state index in [9.17, 15) is 4.79 Å². The van der Waals surface area contributed by atoms with Crippen molar-refractivity contribution in [1.82, 2.24) is 9.55 Å². The summed E-state index contributed by atoms with van der Waals surface area (Å²) in [4.78, 5) is 19.4. The fraction of sp³-hybridized carbons (Fsp3) is 0.222. The van der Waals surface area contributed by atoms with Gasteiger partial charge in [0.1, 0.15) is 5.75 Å². The van der Waals surface area contributed by atoms with Gasteiger partial charge in [-0.2, -0.15) is 0 Å². The molecule has 0 N–H and O–H groups in total. The second-order valence-electron chi connectivity index (χ2n) is 5.56. The first-order valence-electron chi connectivity index (χ1n) is 7.70. The molecule has 1 aliphatic rings. The molecule has 5 nitrogen and oxygen atoms in total. The molecule has 0 radical (unpaired) electrons. The maximum absolute atomic E-state index is 13.0. The van der Waals surface area contributed by atoms with Gasteiger partial charge in [-0.1, -0.05) is 24.3 Å². The summed E-state index contributed by atoms with van der Waals surface area (Å²) in [5.41, 5.74) is 2.55. The summed E-state index contributed by atoms with van der Waals surface area (Å²) in [6.07, 6.45) is 0.911. The highest BCUT2D eigenvalue weighted by molar-refractivity contribution is 6.07. The summed E-state index contributed by atoms with van der Waals surface area (Å²) >= 11 is 0. The fourth-order valence-corrected chi connectivity index (χ4v) is 3.14. The van der Waals surface area contributed by atoms with E-state index in [0.717, 1.165) is 24.0 Å². The Hall–Kier alpha value is -2.82. The summed E-state index contributed by atoms with van der Waals surface area (Å²) < 4.78 is 7.45. The van der Waals surface area contributed by atoms with Crippen LogP contribution in [0.1, 0.15) is 16.8 Å². The number of carbonyl (C=O) groups is 1. The molecule has 0 unspecified atom stereocenters. The van der Waals surface area contributed by atoms with Gasteiger partial charge in [-0.05, 0) is 30.7 Å². The summed E-state index contributed by atoms with van der Waals surface area (Å²) in [7, 11) is 1.58. The number of fused-ring (bicyclic) bond motifs is 3. The minimum absolute atomic E-state index is 0.0706. The van der Waals surface area contributed by atoms with E-state index in [4.69, 9.17) is 4.74 Å². The van der Waals surface area contributed by atoms with Crippen LogP contribution in [0.4, 0.5) is 5.95 Å². The molecular formula is C18H17N3O2. The summed E-state index contributed by atoms with van der Waals surface area (Å²) in [6.45, 7) is 1.55. The molecule has 1 aliphatic heterocycles. The van der Waals surface area contributed by atoms with E-state index in [1.807, 2.05) is 36.4 Å². The SMILES string of the molecule is COc1ccccc1C(=O)N1CCCn2c1nc1ccccc12. The molecule has 1 amide bonds. The van der Waals surface area contributed by atoms with Crippen molar-refractivity contribution < 1.29 is 9.53 Å². The first-order valence-corrected chi connectivity index (χ1v) is 7.70. The number of amides is 1. The van der Waals surface area contributed by atoms with Crippen molar-refractivity contribution in [2.24, 2.45) is 0 Å². The Bertz CT molecular complexity index is 885. The normalized spacial score (nSPS) is 13.9. The molecule has 0 atom stereocenters. The minimum atomic E-state index is -0.0706. The van der Waals surface area contributed by atoms with Crippen LogP contribution in [-0.4, -0.2) is 29.1 Å². The van der Waals surface area contributed by atoms with Crippen molar-refractivity contribution in [2.75, 3.05) is 18.6 Å². The van der Waals surface area contributed by atoms with Gasteiger partial charge in [0.25, 0.3) is 5.91 Å². The van der Waals surface area contributed by atoms with E-state index < -0.39 is 0 Å². The highest BCUT2D eigenvalue weighted by Gasteiger charge is 2.28. The van der Waals surface area contributed by atoms with E-state index in [1.165, 1.54) is 0 Å². The number of methoxy groups -OCH3 is 1. The number of aromatic nitrogens is 2. The van der Waals surface area contributed by atoms with Gasteiger partial charge in [-0.3, -0.25) is 9.69 Å². The van der Waals surface area contributed by atoms with Crippen LogP contribution in [-0.2, 0) is 6.54 Å². The summed E-state index contributed by atoms with van der Waals surface area (Å²) in [5, 5.41) is 0. The molecule has 2 heterocycles. The molecule has 4 rings (SSSR count). The lowest BCUT2D eigenvalue weighted by Crippen LogP contribution is -2.38. The average molecular weight is 307 g/mol. The number of anilines is 1. The number of hydrogen-bond donors (Lipinski definition) is 0. The zero-order valence-corrected chi connectivity index (χ0v) is 12.9. The quantitative estimate of drug-likeness (QED) is 0.731. The topological polar surface area (TPSA) is 47.4 Å². The van der Waals surface area contributed by atoms with Crippen LogP contribution < -0.4 is 9.64 Å². The maximum atomic E-state index is 13.0. The Morgan fingerprint density at radius 2 is 1.87 bits per heavy atom. The predicted molar refractivity (Wildman–Crippen MR) is 89.0 cm³/mol. The largest absolute Gasteiger partial charge is 0.496 e. The third-order valence-corrected chi connectivity index (χ3v) is 4.22. The van der Waals surface area contributed by atoms with Gasteiger partial charge in [0.15, 0.2) is 0 Å². The molecule has 0 spiro atoms. The van der Waals surface area contributed by atoms with Crippen molar-refractivity contribution >= 4 is 22.9 Å². The monoisotopic (exact) mass is 307 g/mol. The number of ether oxygens (including phenoxy) is 1. The van der Waals surface area contributed by atoms with E-state index in [2.05, 4.69) is 9.55 Å². The Balaban J connectivity index is 1.81. The second-order valence-corrected chi connectivity index (χ2v) is 5.56. The standard InChI is InChI=1S/C18H17N3O2/c1-23-16-10-5-2-7-13(16)17(22)21-12-6-11-20-15-9-4-3-8-14(15)19-18(20)21/h2-5,7-10H,6,11-12H2,1H3. The van der Waals surface area contributed by atoms with E-state index in [0.29, 0.717) is 23.8 Å². The third kappa shape index (κ3) is 2.16. The lowest BCUT2D eigenvalue weighted by Gasteiger charge is -2.27. The lowest BCUT2D eigenvalue weighted by atomic mass is 10.1. The molecule has 1 aromatic heterocycles. The maximum Gasteiger partial charge on any atom is 0.264 e. The molecule has 23 heavy (non-hydrogen) atoms. The second kappa shape index (κ2) is 5.43. The van der Waals surface area contributed by atoms with Gasteiger partial charge in [0.05, 0.1) is 23.7 Å². The third-order valence-electron chi connectivity index (χ3n) is 4.22. The van der Waals surface area contributed by atoms with Crippen LogP contribution in [0.3, 0.4) is 0 Å². The van der Waals surface area contributed by atoms with Crippen molar-refractivity contribution in [1.29, 1.82) is 0 Å². The van der Waals surface area contributed by atoms with Gasteiger partial charge in [0.2, 0.25) is 5.95 Å². The molecule has 116 valence electrons. The minimum Gasteiger partial charge on any atom is -0.496 e. The van der Waals surface area contributed by atoms with Crippen LogP contribution in [0.5, 0.6) is 5.75 Å². The number of aryl methyl sites for hydroxylation is 1. The smallest absolute Gasteiger partial charge is 0.264 e. The fourth-order valence-electron chi connectivity index (χ4n) is 3.14. The zero-order chi connectivity index (χ0) is 15.8. The summed E-state index contributed by atoms with van der Waals surface area (Å²) in [6, 6.07) is 15.3. The molecule has 0 aliphatic carbocycles. The lowest BCUT2D eigenvalue weighted by molar-refractivity contribution is 0.0978. The van der Waals surface area contributed by atoms with Gasteiger partial charge in [-0.25, -0.2) is 4.98 Å². The van der Waals surface area contributed by atoms with Crippen LogP contribution in [0.25, 0.3) is 11.0 Å². The predicted octanol–water partition coefficient (Wildman–Crippen LogP) is 3.10. The average Bonchev–Trinajstić information content (AvgIpc) is 3.00. The first-order chi connectivity index (χ1) is 11.3. The van der Waals surface area contributed by atoms with E-state index >= 15 is 0 Å². The number of rotatable bonds is 2.